The highest BCUT2D eigenvalue weighted by atomic mass is 16.1. The van der Waals surface area contributed by atoms with E-state index in [1.54, 1.807) is 0 Å². The van der Waals surface area contributed by atoms with Crippen LogP contribution in [0.1, 0.15) is 72.1 Å². The molecular formula is C14H29NO. The molecule has 0 aliphatic carbocycles. The maximum absolute atomic E-state index is 11.5. The van der Waals surface area contributed by atoms with Gasteiger partial charge in [-0.15, -0.1) is 0 Å². The summed E-state index contributed by atoms with van der Waals surface area (Å²) in [6.07, 6.45) is 9.12. The molecule has 0 heterocycles. The van der Waals surface area contributed by atoms with Crippen LogP contribution >= 0.6 is 0 Å². The highest BCUT2D eigenvalue weighted by Crippen LogP contribution is 2.07. The van der Waals surface area contributed by atoms with Crippen LogP contribution in [0.4, 0.5) is 0 Å². The maximum Gasteiger partial charge on any atom is 0.220 e. The van der Waals surface area contributed by atoms with Crippen molar-refractivity contribution in [2.45, 2.75) is 72.1 Å². The van der Waals surface area contributed by atoms with Gasteiger partial charge >= 0.3 is 0 Å². The highest BCUT2D eigenvalue weighted by molar-refractivity contribution is 5.75. The lowest BCUT2D eigenvalue weighted by molar-refractivity contribution is -0.121. The molecule has 0 saturated heterocycles. The van der Waals surface area contributed by atoms with Gasteiger partial charge in [0.2, 0.25) is 5.91 Å². The van der Waals surface area contributed by atoms with Gasteiger partial charge in [0.15, 0.2) is 0 Å². The first kappa shape index (κ1) is 15.5. The fraction of sp³-hybridized carbons (Fsp3) is 0.929. The summed E-state index contributed by atoms with van der Waals surface area (Å²) in [4.78, 5) is 11.5. The second kappa shape index (κ2) is 11.0. The van der Waals surface area contributed by atoms with Crippen LogP contribution in [0.5, 0.6) is 0 Å². The summed E-state index contributed by atoms with van der Waals surface area (Å²) in [6.45, 7) is 7.44. The molecule has 0 rings (SSSR count). The molecule has 0 aliphatic rings. The first-order valence-electron chi connectivity index (χ1n) is 7.01. The van der Waals surface area contributed by atoms with Crippen LogP contribution in [0.25, 0.3) is 0 Å². The molecule has 0 radical (unpaired) electrons. The monoisotopic (exact) mass is 227 g/mol. The molecule has 0 bridgehead atoms. The van der Waals surface area contributed by atoms with Crippen molar-refractivity contribution in [3.8, 4) is 0 Å². The van der Waals surface area contributed by atoms with Crippen molar-refractivity contribution in [2.75, 3.05) is 6.54 Å². The highest BCUT2D eigenvalue weighted by Gasteiger charge is 2.05. The molecular weight excluding hydrogens is 198 g/mol. The van der Waals surface area contributed by atoms with E-state index in [-0.39, 0.29) is 5.91 Å². The largest absolute Gasteiger partial charge is 0.356 e. The van der Waals surface area contributed by atoms with Crippen molar-refractivity contribution in [3.05, 3.63) is 0 Å². The maximum atomic E-state index is 11.5. The Morgan fingerprint density at radius 3 is 2.19 bits per heavy atom. The normalized spacial score (nSPS) is 10.8. The van der Waals surface area contributed by atoms with E-state index < -0.39 is 0 Å². The zero-order valence-corrected chi connectivity index (χ0v) is 11.3. The molecule has 16 heavy (non-hydrogen) atoms. The second-order valence-corrected chi connectivity index (χ2v) is 4.65. The Kier molecular flexibility index (Phi) is 10.6. The summed E-state index contributed by atoms with van der Waals surface area (Å²) in [5.74, 6) is 0.896. The van der Waals surface area contributed by atoms with Crippen molar-refractivity contribution >= 4 is 5.91 Å². The molecule has 0 aromatic heterocycles. The fourth-order valence-electron chi connectivity index (χ4n) is 1.81. The van der Waals surface area contributed by atoms with Crippen molar-refractivity contribution in [3.63, 3.8) is 0 Å². The van der Waals surface area contributed by atoms with E-state index in [0.29, 0.717) is 12.3 Å². The number of unbranched alkanes of at least 4 members (excludes halogenated alkanes) is 4. The number of hydrogen-bond donors (Lipinski definition) is 1. The van der Waals surface area contributed by atoms with Gasteiger partial charge in [-0.1, -0.05) is 59.3 Å². The zero-order valence-electron chi connectivity index (χ0n) is 11.3. The number of carbonyl (C=O) groups is 1. The molecule has 96 valence electrons. The summed E-state index contributed by atoms with van der Waals surface area (Å²) in [7, 11) is 0. The molecule has 2 heteroatoms. The van der Waals surface area contributed by atoms with E-state index >= 15 is 0 Å². The third-order valence-electron chi connectivity index (χ3n) is 3.25. The van der Waals surface area contributed by atoms with Crippen molar-refractivity contribution in [2.24, 2.45) is 5.92 Å². The summed E-state index contributed by atoms with van der Waals surface area (Å²) in [6, 6.07) is 0. The molecule has 0 aliphatic heterocycles. The Morgan fingerprint density at radius 2 is 1.62 bits per heavy atom. The number of hydrogen-bond acceptors (Lipinski definition) is 1. The van der Waals surface area contributed by atoms with E-state index in [1.807, 2.05) is 0 Å². The molecule has 0 aromatic rings. The second-order valence-electron chi connectivity index (χ2n) is 4.65. The lowest BCUT2D eigenvalue weighted by atomic mass is 10.0. The average molecular weight is 227 g/mol. The van der Waals surface area contributed by atoms with Gasteiger partial charge in [0.25, 0.3) is 0 Å². The van der Waals surface area contributed by atoms with Gasteiger partial charge in [-0.05, 0) is 12.3 Å². The van der Waals surface area contributed by atoms with E-state index in [0.717, 1.165) is 25.8 Å². The standard InChI is InChI=1S/C14H29NO/c1-4-7-8-9-10-11-14(16)15-12-13(5-2)6-3/h13H,4-12H2,1-3H3,(H,15,16). The van der Waals surface area contributed by atoms with E-state index in [4.69, 9.17) is 0 Å². The molecule has 0 saturated carbocycles. The van der Waals surface area contributed by atoms with Gasteiger partial charge in [-0.3, -0.25) is 4.79 Å². The Bertz CT molecular complexity index is 164. The number of rotatable bonds is 10. The molecule has 1 N–H and O–H groups in total. The van der Waals surface area contributed by atoms with Crippen LogP contribution in [0.2, 0.25) is 0 Å². The van der Waals surface area contributed by atoms with E-state index in [1.165, 1.54) is 25.7 Å². The quantitative estimate of drug-likeness (QED) is 0.563. The van der Waals surface area contributed by atoms with Gasteiger partial charge < -0.3 is 5.32 Å². The predicted molar refractivity (Wildman–Crippen MR) is 70.5 cm³/mol. The SMILES string of the molecule is CCCCCCCC(=O)NCC(CC)CC. The van der Waals surface area contributed by atoms with Crippen molar-refractivity contribution in [1.29, 1.82) is 0 Å². The van der Waals surface area contributed by atoms with Crippen LogP contribution < -0.4 is 5.32 Å². The van der Waals surface area contributed by atoms with Crippen LogP contribution in [0.3, 0.4) is 0 Å². The summed E-state index contributed by atoms with van der Waals surface area (Å²) >= 11 is 0. The Balaban J connectivity index is 3.37. The van der Waals surface area contributed by atoms with Gasteiger partial charge in [-0.25, -0.2) is 0 Å². The van der Waals surface area contributed by atoms with E-state index in [9.17, 15) is 4.79 Å². The average Bonchev–Trinajstić information content (AvgIpc) is 2.30. The van der Waals surface area contributed by atoms with Crippen molar-refractivity contribution < 1.29 is 4.79 Å². The molecule has 1 amide bonds. The lowest BCUT2D eigenvalue weighted by Crippen LogP contribution is -2.28. The number of carbonyl (C=O) groups excluding carboxylic acids is 1. The minimum atomic E-state index is 0.239. The third-order valence-corrected chi connectivity index (χ3v) is 3.25. The summed E-state index contributed by atoms with van der Waals surface area (Å²) in [5.41, 5.74) is 0. The fourth-order valence-corrected chi connectivity index (χ4v) is 1.81. The molecule has 2 nitrogen and oxygen atoms in total. The zero-order chi connectivity index (χ0) is 12.2. The minimum Gasteiger partial charge on any atom is -0.356 e. The van der Waals surface area contributed by atoms with Crippen molar-refractivity contribution in [1.82, 2.24) is 5.32 Å². The number of amides is 1. The Morgan fingerprint density at radius 1 is 1.00 bits per heavy atom. The molecule has 0 atom stereocenters. The molecule has 0 spiro atoms. The van der Waals surface area contributed by atoms with Gasteiger partial charge in [0.1, 0.15) is 0 Å². The van der Waals surface area contributed by atoms with Gasteiger partial charge in [0, 0.05) is 13.0 Å². The summed E-state index contributed by atoms with van der Waals surface area (Å²) < 4.78 is 0. The van der Waals surface area contributed by atoms with Crippen LogP contribution in [0, 0.1) is 5.92 Å². The summed E-state index contributed by atoms with van der Waals surface area (Å²) in [5, 5.41) is 3.04. The van der Waals surface area contributed by atoms with Crippen LogP contribution in [-0.4, -0.2) is 12.5 Å². The van der Waals surface area contributed by atoms with Crippen LogP contribution in [-0.2, 0) is 4.79 Å². The number of nitrogens with one attached hydrogen (secondary N) is 1. The van der Waals surface area contributed by atoms with Gasteiger partial charge in [-0.2, -0.15) is 0 Å². The van der Waals surface area contributed by atoms with E-state index in [2.05, 4.69) is 26.1 Å². The smallest absolute Gasteiger partial charge is 0.220 e. The van der Waals surface area contributed by atoms with Gasteiger partial charge in [0.05, 0.1) is 0 Å². The molecule has 0 fully saturated rings. The predicted octanol–water partition coefficient (Wildman–Crippen LogP) is 3.90. The van der Waals surface area contributed by atoms with Crippen LogP contribution in [0.15, 0.2) is 0 Å². The first-order chi connectivity index (χ1) is 7.74. The Hall–Kier alpha value is -0.530. The Labute approximate surface area is 101 Å². The molecule has 0 aromatic carbocycles. The topological polar surface area (TPSA) is 29.1 Å². The lowest BCUT2D eigenvalue weighted by Gasteiger charge is -2.13. The minimum absolute atomic E-state index is 0.239. The first-order valence-corrected chi connectivity index (χ1v) is 7.01. The third kappa shape index (κ3) is 8.75. The molecule has 0 unspecified atom stereocenters.